The van der Waals surface area contributed by atoms with Crippen molar-refractivity contribution in [3.63, 3.8) is 0 Å². The quantitative estimate of drug-likeness (QED) is 0.827. The second-order valence-electron chi connectivity index (χ2n) is 3.67. The maximum Gasteiger partial charge on any atom is 0.203 e. The van der Waals surface area contributed by atoms with E-state index in [0.717, 1.165) is 17.7 Å². The average molecular weight is 239 g/mol. The van der Waals surface area contributed by atoms with Crippen molar-refractivity contribution in [3.05, 3.63) is 17.7 Å². The summed E-state index contributed by atoms with van der Waals surface area (Å²) in [4.78, 5) is 0. The normalized spacial score (nSPS) is 12.1. The van der Waals surface area contributed by atoms with Crippen LogP contribution in [-0.2, 0) is 0 Å². The first kappa shape index (κ1) is 13.6. The standard InChI is InChI=1S/C13H21NO3/c1-6-10(14-2)9-7-8-11(15-3)13(17-5)12(9)16-4/h7-8,10,14H,6H2,1-5H3. The molecule has 0 saturated heterocycles. The molecular formula is C13H21NO3. The largest absolute Gasteiger partial charge is 0.493 e. The lowest BCUT2D eigenvalue weighted by Crippen LogP contribution is -2.16. The molecule has 0 saturated carbocycles. The molecule has 4 heteroatoms. The van der Waals surface area contributed by atoms with Crippen LogP contribution in [0.2, 0.25) is 0 Å². The zero-order valence-corrected chi connectivity index (χ0v) is 11.2. The number of nitrogens with one attached hydrogen (secondary N) is 1. The van der Waals surface area contributed by atoms with Crippen LogP contribution >= 0.6 is 0 Å². The van der Waals surface area contributed by atoms with Crippen molar-refractivity contribution in [1.29, 1.82) is 0 Å². The van der Waals surface area contributed by atoms with Crippen molar-refractivity contribution < 1.29 is 14.2 Å². The smallest absolute Gasteiger partial charge is 0.203 e. The minimum atomic E-state index is 0.241. The molecule has 1 unspecified atom stereocenters. The summed E-state index contributed by atoms with van der Waals surface area (Å²) in [5.41, 5.74) is 1.08. The van der Waals surface area contributed by atoms with E-state index in [2.05, 4.69) is 12.2 Å². The molecule has 0 aliphatic heterocycles. The summed E-state index contributed by atoms with van der Waals surface area (Å²) in [5, 5.41) is 3.26. The van der Waals surface area contributed by atoms with Crippen molar-refractivity contribution in [2.45, 2.75) is 19.4 Å². The second-order valence-corrected chi connectivity index (χ2v) is 3.67. The van der Waals surface area contributed by atoms with Crippen molar-refractivity contribution >= 4 is 0 Å². The fourth-order valence-electron chi connectivity index (χ4n) is 1.98. The third-order valence-electron chi connectivity index (χ3n) is 2.87. The van der Waals surface area contributed by atoms with Crippen molar-refractivity contribution in [1.82, 2.24) is 5.32 Å². The second kappa shape index (κ2) is 6.35. The van der Waals surface area contributed by atoms with E-state index in [1.165, 1.54) is 0 Å². The molecule has 0 aliphatic rings. The SMILES string of the molecule is CCC(NC)c1ccc(OC)c(OC)c1OC. The van der Waals surface area contributed by atoms with Gasteiger partial charge in [0.05, 0.1) is 21.3 Å². The van der Waals surface area contributed by atoms with E-state index in [1.807, 2.05) is 19.2 Å². The van der Waals surface area contributed by atoms with Gasteiger partial charge in [0.15, 0.2) is 11.5 Å². The fourth-order valence-corrected chi connectivity index (χ4v) is 1.98. The average Bonchev–Trinajstić information content (AvgIpc) is 2.39. The monoisotopic (exact) mass is 239 g/mol. The summed E-state index contributed by atoms with van der Waals surface area (Å²) in [7, 11) is 6.81. The first-order valence-corrected chi connectivity index (χ1v) is 5.69. The Hall–Kier alpha value is -1.42. The Balaban J connectivity index is 3.31. The number of benzene rings is 1. The number of methoxy groups -OCH3 is 3. The Labute approximate surface area is 103 Å². The van der Waals surface area contributed by atoms with E-state index in [0.29, 0.717) is 11.5 Å². The molecule has 0 aromatic heterocycles. The minimum absolute atomic E-state index is 0.241. The van der Waals surface area contributed by atoms with Crippen LogP contribution in [0.5, 0.6) is 17.2 Å². The molecule has 17 heavy (non-hydrogen) atoms. The zero-order chi connectivity index (χ0) is 12.8. The highest BCUT2D eigenvalue weighted by molar-refractivity contribution is 5.56. The maximum absolute atomic E-state index is 5.45. The van der Waals surface area contributed by atoms with Crippen LogP contribution in [-0.4, -0.2) is 28.4 Å². The number of ether oxygens (including phenoxy) is 3. The molecule has 0 amide bonds. The van der Waals surface area contributed by atoms with Gasteiger partial charge < -0.3 is 19.5 Å². The van der Waals surface area contributed by atoms with Crippen molar-refractivity contribution in [2.75, 3.05) is 28.4 Å². The van der Waals surface area contributed by atoms with Gasteiger partial charge in [-0.25, -0.2) is 0 Å². The van der Waals surface area contributed by atoms with Gasteiger partial charge in [0.2, 0.25) is 5.75 Å². The van der Waals surface area contributed by atoms with Gasteiger partial charge in [-0.15, -0.1) is 0 Å². The Morgan fingerprint density at radius 3 is 2.12 bits per heavy atom. The molecule has 1 N–H and O–H groups in total. The molecule has 0 spiro atoms. The van der Waals surface area contributed by atoms with E-state index in [1.54, 1.807) is 21.3 Å². The van der Waals surface area contributed by atoms with Gasteiger partial charge in [-0.2, -0.15) is 0 Å². The van der Waals surface area contributed by atoms with Crippen LogP contribution in [0.1, 0.15) is 24.9 Å². The van der Waals surface area contributed by atoms with Crippen molar-refractivity contribution in [2.24, 2.45) is 0 Å². The van der Waals surface area contributed by atoms with Crippen molar-refractivity contribution in [3.8, 4) is 17.2 Å². The first-order chi connectivity index (χ1) is 8.23. The Morgan fingerprint density at radius 1 is 1.06 bits per heavy atom. The lowest BCUT2D eigenvalue weighted by Gasteiger charge is -2.21. The highest BCUT2D eigenvalue weighted by atomic mass is 16.5. The molecular weight excluding hydrogens is 218 g/mol. The molecule has 4 nitrogen and oxygen atoms in total. The van der Waals surface area contributed by atoms with Crippen LogP contribution in [0.15, 0.2) is 12.1 Å². The first-order valence-electron chi connectivity index (χ1n) is 5.69. The van der Waals surface area contributed by atoms with E-state index < -0.39 is 0 Å². The molecule has 0 heterocycles. The van der Waals surface area contributed by atoms with E-state index in [9.17, 15) is 0 Å². The lowest BCUT2D eigenvalue weighted by atomic mass is 10.0. The van der Waals surface area contributed by atoms with Crippen LogP contribution in [0.3, 0.4) is 0 Å². The lowest BCUT2D eigenvalue weighted by molar-refractivity contribution is 0.319. The molecule has 0 radical (unpaired) electrons. The molecule has 1 atom stereocenters. The van der Waals surface area contributed by atoms with Crippen LogP contribution in [0, 0.1) is 0 Å². The summed E-state index contributed by atoms with van der Waals surface area (Å²) in [6.07, 6.45) is 0.975. The topological polar surface area (TPSA) is 39.7 Å². The highest BCUT2D eigenvalue weighted by Gasteiger charge is 2.20. The summed E-state index contributed by atoms with van der Waals surface area (Å²) < 4.78 is 16.1. The number of hydrogen-bond acceptors (Lipinski definition) is 4. The molecule has 0 fully saturated rings. The number of hydrogen-bond donors (Lipinski definition) is 1. The van der Waals surface area contributed by atoms with Gasteiger partial charge in [-0.05, 0) is 25.6 Å². The van der Waals surface area contributed by atoms with Gasteiger partial charge in [0.25, 0.3) is 0 Å². The zero-order valence-electron chi connectivity index (χ0n) is 11.2. The van der Waals surface area contributed by atoms with Crippen LogP contribution < -0.4 is 19.5 Å². The highest BCUT2D eigenvalue weighted by Crippen LogP contribution is 2.42. The fraction of sp³-hybridized carbons (Fsp3) is 0.538. The summed E-state index contributed by atoms with van der Waals surface area (Å²) in [5.74, 6) is 2.05. The van der Waals surface area contributed by atoms with E-state index >= 15 is 0 Å². The van der Waals surface area contributed by atoms with Crippen LogP contribution in [0.4, 0.5) is 0 Å². The molecule has 1 aromatic carbocycles. The van der Waals surface area contributed by atoms with Gasteiger partial charge in [0, 0.05) is 11.6 Å². The predicted octanol–water partition coefficient (Wildman–Crippen LogP) is 2.38. The Bertz CT molecular complexity index is 362. The summed E-state index contributed by atoms with van der Waals surface area (Å²) in [6.45, 7) is 2.12. The molecule has 0 bridgehead atoms. The molecule has 1 rings (SSSR count). The van der Waals surface area contributed by atoms with Gasteiger partial charge in [0.1, 0.15) is 0 Å². The summed E-state index contributed by atoms with van der Waals surface area (Å²) in [6, 6.07) is 4.14. The van der Waals surface area contributed by atoms with E-state index in [-0.39, 0.29) is 6.04 Å². The molecule has 0 aliphatic carbocycles. The predicted molar refractivity (Wildman–Crippen MR) is 68.2 cm³/mol. The third-order valence-corrected chi connectivity index (χ3v) is 2.87. The maximum atomic E-state index is 5.45. The molecule has 1 aromatic rings. The Morgan fingerprint density at radius 2 is 1.71 bits per heavy atom. The minimum Gasteiger partial charge on any atom is -0.493 e. The molecule has 96 valence electrons. The summed E-state index contributed by atoms with van der Waals surface area (Å²) >= 11 is 0. The number of rotatable bonds is 6. The Kier molecular flexibility index (Phi) is 5.10. The van der Waals surface area contributed by atoms with Gasteiger partial charge in [-0.3, -0.25) is 0 Å². The van der Waals surface area contributed by atoms with Gasteiger partial charge >= 0.3 is 0 Å². The van der Waals surface area contributed by atoms with Crippen LogP contribution in [0.25, 0.3) is 0 Å². The van der Waals surface area contributed by atoms with Gasteiger partial charge in [-0.1, -0.05) is 6.92 Å². The van der Waals surface area contributed by atoms with E-state index in [4.69, 9.17) is 14.2 Å². The third kappa shape index (κ3) is 2.64.